The van der Waals surface area contributed by atoms with E-state index < -0.39 is 10.0 Å². The molecular formula is C14H26N4O2S. The van der Waals surface area contributed by atoms with E-state index in [1.54, 1.807) is 10.5 Å². The number of hydrogen-bond donors (Lipinski definition) is 2. The molecule has 0 aliphatic heterocycles. The van der Waals surface area contributed by atoms with Gasteiger partial charge in [-0.05, 0) is 18.8 Å². The quantitative estimate of drug-likeness (QED) is 0.766. The third kappa shape index (κ3) is 3.84. The molecule has 1 aliphatic rings. The van der Waals surface area contributed by atoms with Crippen molar-refractivity contribution in [1.29, 1.82) is 0 Å². The van der Waals surface area contributed by atoms with Crippen LogP contribution in [-0.4, -0.2) is 42.1 Å². The number of nitrogens with one attached hydrogen (secondary N) is 2. The number of hydrogen-bond acceptors (Lipinski definition) is 4. The summed E-state index contributed by atoms with van der Waals surface area (Å²) in [6.07, 6.45) is 5.09. The van der Waals surface area contributed by atoms with Crippen molar-refractivity contribution in [3.8, 4) is 0 Å². The summed E-state index contributed by atoms with van der Waals surface area (Å²) in [5.41, 5.74) is 0.704. The molecular weight excluding hydrogens is 288 g/mol. The SMILES string of the molecule is CCN(CC1CCC1)S(=O)(=O)c1[nH]ncc1CNC(C)C. The first-order chi connectivity index (χ1) is 9.95. The lowest BCUT2D eigenvalue weighted by atomic mass is 9.85. The summed E-state index contributed by atoms with van der Waals surface area (Å²) in [5, 5.41) is 10.1. The van der Waals surface area contributed by atoms with Crippen molar-refractivity contribution >= 4 is 10.0 Å². The average Bonchev–Trinajstić information content (AvgIpc) is 2.83. The second kappa shape index (κ2) is 6.89. The molecule has 0 radical (unpaired) electrons. The lowest BCUT2D eigenvalue weighted by molar-refractivity contribution is 0.249. The summed E-state index contributed by atoms with van der Waals surface area (Å²) in [6.45, 7) is 7.57. The van der Waals surface area contributed by atoms with Gasteiger partial charge in [0.15, 0.2) is 5.03 Å². The van der Waals surface area contributed by atoms with E-state index in [1.165, 1.54) is 6.42 Å². The Hall–Kier alpha value is -0.920. The fourth-order valence-corrected chi connectivity index (χ4v) is 4.08. The molecule has 0 unspecified atom stereocenters. The second-order valence-electron chi connectivity index (χ2n) is 6.01. The minimum atomic E-state index is -3.48. The molecule has 0 amide bonds. The molecule has 1 fully saturated rings. The first kappa shape index (κ1) is 16.5. The van der Waals surface area contributed by atoms with Crippen LogP contribution in [0.3, 0.4) is 0 Å². The number of H-pyrrole nitrogens is 1. The van der Waals surface area contributed by atoms with Crippen molar-refractivity contribution in [2.45, 2.75) is 57.6 Å². The Kier molecular flexibility index (Phi) is 5.40. The van der Waals surface area contributed by atoms with Gasteiger partial charge in [-0.1, -0.05) is 27.2 Å². The lowest BCUT2D eigenvalue weighted by Crippen LogP contribution is -2.38. The first-order valence-electron chi connectivity index (χ1n) is 7.71. The van der Waals surface area contributed by atoms with Crippen molar-refractivity contribution in [1.82, 2.24) is 19.8 Å². The van der Waals surface area contributed by atoms with Crippen LogP contribution < -0.4 is 5.32 Å². The first-order valence-corrected chi connectivity index (χ1v) is 9.15. The van der Waals surface area contributed by atoms with Gasteiger partial charge in [-0.25, -0.2) is 8.42 Å². The molecule has 0 saturated heterocycles. The Balaban J connectivity index is 2.15. The van der Waals surface area contributed by atoms with Crippen molar-refractivity contribution in [2.75, 3.05) is 13.1 Å². The fraction of sp³-hybridized carbons (Fsp3) is 0.786. The van der Waals surface area contributed by atoms with Gasteiger partial charge in [-0.2, -0.15) is 9.40 Å². The fourth-order valence-electron chi connectivity index (χ4n) is 2.45. The minimum absolute atomic E-state index is 0.233. The Morgan fingerprint density at radius 2 is 2.19 bits per heavy atom. The topological polar surface area (TPSA) is 78.1 Å². The maximum Gasteiger partial charge on any atom is 0.260 e. The van der Waals surface area contributed by atoms with Crippen LogP contribution in [0, 0.1) is 5.92 Å². The average molecular weight is 314 g/mol. The molecule has 0 spiro atoms. The molecule has 1 saturated carbocycles. The van der Waals surface area contributed by atoms with Gasteiger partial charge in [-0.3, -0.25) is 5.10 Å². The van der Waals surface area contributed by atoms with Crippen molar-refractivity contribution in [2.24, 2.45) is 5.92 Å². The zero-order chi connectivity index (χ0) is 15.5. The zero-order valence-corrected chi connectivity index (χ0v) is 13.9. The molecule has 0 atom stereocenters. The van der Waals surface area contributed by atoms with Crippen LogP contribution in [0.25, 0.3) is 0 Å². The molecule has 120 valence electrons. The Bertz CT molecular complexity index is 549. The Labute approximate surface area is 127 Å². The highest BCUT2D eigenvalue weighted by atomic mass is 32.2. The van der Waals surface area contributed by atoms with Gasteiger partial charge >= 0.3 is 0 Å². The number of rotatable bonds is 8. The third-order valence-corrected chi connectivity index (χ3v) is 5.97. The van der Waals surface area contributed by atoms with E-state index in [-0.39, 0.29) is 5.03 Å². The highest BCUT2D eigenvalue weighted by molar-refractivity contribution is 7.89. The number of aromatic nitrogens is 2. The van der Waals surface area contributed by atoms with Crippen LogP contribution in [0.4, 0.5) is 0 Å². The van der Waals surface area contributed by atoms with E-state index in [2.05, 4.69) is 15.5 Å². The number of sulfonamides is 1. The standard InChI is InChI=1S/C14H26N4O2S/c1-4-18(10-12-6-5-7-12)21(19,20)14-13(9-16-17-14)8-15-11(2)3/h9,11-12,15H,4-8,10H2,1-3H3,(H,16,17). The maximum absolute atomic E-state index is 12.8. The van der Waals surface area contributed by atoms with E-state index in [9.17, 15) is 8.42 Å². The minimum Gasteiger partial charge on any atom is -0.310 e. The van der Waals surface area contributed by atoms with E-state index >= 15 is 0 Å². The smallest absolute Gasteiger partial charge is 0.260 e. The molecule has 2 rings (SSSR count). The predicted molar refractivity (Wildman–Crippen MR) is 82.3 cm³/mol. The second-order valence-corrected chi connectivity index (χ2v) is 7.89. The van der Waals surface area contributed by atoms with Gasteiger partial charge in [-0.15, -0.1) is 0 Å². The number of nitrogens with zero attached hydrogens (tertiary/aromatic N) is 2. The molecule has 0 bridgehead atoms. The summed E-state index contributed by atoms with van der Waals surface area (Å²) in [4.78, 5) is 0. The molecule has 1 aromatic rings. The summed E-state index contributed by atoms with van der Waals surface area (Å²) >= 11 is 0. The van der Waals surface area contributed by atoms with Crippen molar-refractivity contribution in [3.05, 3.63) is 11.8 Å². The van der Waals surface area contributed by atoms with Gasteiger partial charge in [0, 0.05) is 31.2 Å². The summed E-state index contributed by atoms with van der Waals surface area (Å²) in [7, 11) is -3.48. The van der Waals surface area contributed by atoms with Gasteiger partial charge in [0.2, 0.25) is 0 Å². The van der Waals surface area contributed by atoms with E-state index in [0.717, 1.165) is 12.8 Å². The Morgan fingerprint density at radius 1 is 1.48 bits per heavy atom. The molecule has 0 aromatic carbocycles. The highest BCUT2D eigenvalue weighted by Gasteiger charge is 2.31. The van der Waals surface area contributed by atoms with Crippen LogP contribution >= 0.6 is 0 Å². The van der Waals surface area contributed by atoms with E-state index in [4.69, 9.17) is 0 Å². The van der Waals surface area contributed by atoms with Crippen LogP contribution in [0.2, 0.25) is 0 Å². The highest BCUT2D eigenvalue weighted by Crippen LogP contribution is 2.29. The molecule has 2 N–H and O–H groups in total. The number of aromatic amines is 1. The third-order valence-electron chi connectivity index (χ3n) is 4.02. The van der Waals surface area contributed by atoms with Gasteiger partial charge < -0.3 is 5.32 Å². The van der Waals surface area contributed by atoms with Crippen LogP contribution in [0.5, 0.6) is 0 Å². The summed E-state index contributed by atoms with van der Waals surface area (Å²) in [6, 6.07) is 0.299. The Morgan fingerprint density at radius 3 is 2.71 bits per heavy atom. The van der Waals surface area contributed by atoms with Crippen molar-refractivity contribution < 1.29 is 8.42 Å². The molecule has 1 aliphatic carbocycles. The van der Waals surface area contributed by atoms with Crippen LogP contribution in [0.1, 0.15) is 45.6 Å². The normalized spacial score (nSPS) is 16.6. The van der Waals surface area contributed by atoms with Crippen molar-refractivity contribution in [3.63, 3.8) is 0 Å². The summed E-state index contributed by atoms with van der Waals surface area (Å²) in [5.74, 6) is 0.514. The van der Waals surface area contributed by atoms with Gasteiger partial charge in [0.25, 0.3) is 10.0 Å². The monoisotopic (exact) mass is 314 g/mol. The summed E-state index contributed by atoms with van der Waals surface area (Å²) < 4.78 is 27.2. The predicted octanol–water partition coefficient (Wildman–Crippen LogP) is 1.72. The molecule has 21 heavy (non-hydrogen) atoms. The van der Waals surface area contributed by atoms with Gasteiger partial charge in [0.1, 0.15) is 0 Å². The molecule has 6 nitrogen and oxygen atoms in total. The van der Waals surface area contributed by atoms with Crippen LogP contribution in [-0.2, 0) is 16.6 Å². The van der Waals surface area contributed by atoms with Gasteiger partial charge in [0.05, 0.1) is 6.20 Å². The van der Waals surface area contributed by atoms with E-state index in [0.29, 0.717) is 37.2 Å². The zero-order valence-electron chi connectivity index (χ0n) is 13.1. The molecule has 7 heteroatoms. The molecule has 1 aromatic heterocycles. The maximum atomic E-state index is 12.8. The van der Waals surface area contributed by atoms with E-state index in [1.807, 2.05) is 20.8 Å². The lowest BCUT2D eigenvalue weighted by Gasteiger charge is -2.31. The van der Waals surface area contributed by atoms with Crippen LogP contribution in [0.15, 0.2) is 11.2 Å². The molecule has 1 heterocycles. The largest absolute Gasteiger partial charge is 0.310 e.